The van der Waals surface area contributed by atoms with Gasteiger partial charge in [0.05, 0.1) is 11.5 Å². The van der Waals surface area contributed by atoms with Crippen LogP contribution in [0.3, 0.4) is 0 Å². The number of nitrogens with zero attached hydrogens (tertiary/aromatic N) is 1. The van der Waals surface area contributed by atoms with Crippen molar-refractivity contribution in [2.75, 3.05) is 6.61 Å². The number of hydrogen-bond acceptors (Lipinski definition) is 4. The third-order valence-corrected chi connectivity index (χ3v) is 4.41. The van der Waals surface area contributed by atoms with Gasteiger partial charge < -0.3 is 9.84 Å². The van der Waals surface area contributed by atoms with Crippen molar-refractivity contribution >= 4 is 5.69 Å². The smallest absolute Gasteiger partial charge is 0.314 e. The molecule has 0 aliphatic rings. The van der Waals surface area contributed by atoms with E-state index in [4.69, 9.17) is 4.74 Å². The standard InChI is InChI=1S/C20H33NO4/c1-2-3-4-5-6-7-8-9-10-11-12-13-17-25-20-18(21(23)24)15-14-16-19(20)22/h14-16,22H,2-13,17H2,1H3. The summed E-state index contributed by atoms with van der Waals surface area (Å²) in [6.45, 7) is 2.64. The molecule has 0 unspecified atom stereocenters. The molecule has 142 valence electrons. The molecule has 1 rings (SSSR count). The Hall–Kier alpha value is -1.78. The molecule has 1 N–H and O–H groups in total. The molecule has 5 nitrogen and oxygen atoms in total. The Morgan fingerprint density at radius 1 is 0.920 bits per heavy atom. The minimum Gasteiger partial charge on any atom is -0.504 e. The van der Waals surface area contributed by atoms with Crippen LogP contribution in [-0.2, 0) is 0 Å². The minimum absolute atomic E-state index is 0.0180. The molecular weight excluding hydrogens is 318 g/mol. The molecule has 0 aliphatic carbocycles. The number of nitro groups is 1. The highest BCUT2D eigenvalue weighted by Crippen LogP contribution is 2.35. The van der Waals surface area contributed by atoms with Gasteiger partial charge in [-0.15, -0.1) is 0 Å². The van der Waals surface area contributed by atoms with E-state index in [1.54, 1.807) is 0 Å². The summed E-state index contributed by atoms with van der Waals surface area (Å²) in [5.41, 5.74) is -0.182. The fraction of sp³-hybridized carbons (Fsp3) is 0.700. The van der Waals surface area contributed by atoms with Crippen LogP contribution >= 0.6 is 0 Å². The van der Waals surface area contributed by atoms with Crippen LogP contribution in [0.15, 0.2) is 18.2 Å². The van der Waals surface area contributed by atoms with E-state index >= 15 is 0 Å². The minimum atomic E-state index is -0.530. The summed E-state index contributed by atoms with van der Waals surface area (Å²) in [5.74, 6) is -0.191. The first-order chi connectivity index (χ1) is 12.2. The highest BCUT2D eigenvalue weighted by atomic mass is 16.6. The molecular formula is C20H33NO4. The topological polar surface area (TPSA) is 72.6 Å². The van der Waals surface area contributed by atoms with Crippen LogP contribution in [0, 0.1) is 10.1 Å². The van der Waals surface area contributed by atoms with E-state index in [0.717, 1.165) is 12.8 Å². The van der Waals surface area contributed by atoms with Crippen molar-refractivity contribution in [3.05, 3.63) is 28.3 Å². The van der Waals surface area contributed by atoms with Gasteiger partial charge in [0, 0.05) is 6.07 Å². The predicted octanol–water partition coefficient (Wildman–Crippen LogP) is 6.38. The number of nitro benzene ring substituents is 1. The molecule has 5 heteroatoms. The van der Waals surface area contributed by atoms with Crippen molar-refractivity contribution in [3.63, 3.8) is 0 Å². The van der Waals surface area contributed by atoms with Gasteiger partial charge in [-0.3, -0.25) is 10.1 Å². The molecule has 0 heterocycles. The van der Waals surface area contributed by atoms with Gasteiger partial charge in [-0.2, -0.15) is 0 Å². The van der Waals surface area contributed by atoms with E-state index in [0.29, 0.717) is 6.61 Å². The number of hydrogen-bond donors (Lipinski definition) is 1. The van der Waals surface area contributed by atoms with Crippen molar-refractivity contribution in [3.8, 4) is 11.5 Å². The number of para-hydroxylation sites is 1. The Morgan fingerprint density at radius 2 is 1.44 bits per heavy atom. The quantitative estimate of drug-likeness (QED) is 0.226. The molecule has 0 saturated carbocycles. The van der Waals surface area contributed by atoms with Crippen LogP contribution in [0.2, 0.25) is 0 Å². The monoisotopic (exact) mass is 351 g/mol. The van der Waals surface area contributed by atoms with E-state index in [1.807, 2.05) is 0 Å². The molecule has 0 atom stereocenters. The van der Waals surface area contributed by atoms with E-state index in [2.05, 4.69) is 6.92 Å². The zero-order chi connectivity index (χ0) is 18.3. The van der Waals surface area contributed by atoms with Crippen molar-refractivity contribution in [1.29, 1.82) is 0 Å². The van der Waals surface area contributed by atoms with E-state index < -0.39 is 4.92 Å². The summed E-state index contributed by atoms with van der Waals surface area (Å²) in [6.07, 6.45) is 15.1. The largest absolute Gasteiger partial charge is 0.504 e. The summed E-state index contributed by atoms with van der Waals surface area (Å²) in [7, 11) is 0. The molecule has 1 aromatic rings. The van der Waals surface area contributed by atoms with Crippen molar-refractivity contribution in [1.82, 2.24) is 0 Å². The molecule has 0 saturated heterocycles. The number of aromatic hydroxyl groups is 1. The van der Waals surface area contributed by atoms with Gasteiger partial charge in [-0.05, 0) is 12.5 Å². The molecule has 0 amide bonds. The number of unbranched alkanes of at least 4 members (excludes halogenated alkanes) is 11. The Morgan fingerprint density at radius 3 is 1.96 bits per heavy atom. The average molecular weight is 351 g/mol. The molecule has 0 aromatic heterocycles. The Balaban J connectivity index is 2.02. The second kappa shape index (κ2) is 13.5. The maximum absolute atomic E-state index is 10.9. The highest BCUT2D eigenvalue weighted by Gasteiger charge is 2.18. The maximum atomic E-state index is 10.9. The van der Waals surface area contributed by atoms with Crippen molar-refractivity contribution in [2.24, 2.45) is 0 Å². The summed E-state index contributed by atoms with van der Waals surface area (Å²) < 4.78 is 5.43. The van der Waals surface area contributed by atoms with Gasteiger partial charge in [0.25, 0.3) is 0 Å². The third kappa shape index (κ3) is 9.32. The highest BCUT2D eigenvalue weighted by molar-refractivity contribution is 5.54. The lowest BCUT2D eigenvalue weighted by atomic mass is 10.1. The van der Waals surface area contributed by atoms with Crippen LogP contribution in [0.1, 0.15) is 84.0 Å². The number of benzene rings is 1. The van der Waals surface area contributed by atoms with Crippen LogP contribution in [-0.4, -0.2) is 16.6 Å². The lowest BCUT2D eigenvalue weighted by Gasteiger charge is -2.08. The number of phenols is 1. The van der Waals surface area contributed by atoms with E-state index in [9.17, 15) is 15.2 Å². The van der Waals surface area contributed by atoms with Crippen LogP contribution in [0.4, 0.5) is 5.69 Å². The molecule has 0 fully saturated rings. The van der Waals surface area contributed by atoms with Gasteiger partial charge in [0.2, 0.25) is 5.75 Å². The van der Waals surface area contributed by atoms with Gasteiger partial charge in [0.15, 0.2) is 5.75 Å². The summed E-state index contributed by atoms with van der Waals surface area (Å²) in [6, 6.07) is 4.20. The fourth-order valence-corrected chi connectivity index (χ4v) is 2.92. The molecule has 0 spiro atoms. The van der Waals surface area contributed by atoms with Gasteiger partial charge in [0.1, 0.15) is 0 Å². The van der Waals surface area contributed by atoms with E-state index in [-0.39, 0.29) is 17.2 Å². The predicted molar refractivity (Wildman–Crippen MR) is 101 cm³/mol. The first-order valence-electron chi connectivity index (χ1n) is 9.76. The van der Waals surface area contributed by atoms with Crippen molar-refractivity contribution in [2.45, 2.75) is 84.0 Å². The summed E-state index contributed by atoms with van der Waals surface area (Å²) in [4.78, 5) is 10.4. The fourth-order valence-electron chi connectivity index (χ4n) is 2.92. The second-order valence-corrected chi connectivity index (χ2v) is 6.62. The Kier molecular flexibility index (Phi) is 11.5. The van der Waals surface area contributed by atoms with Gasteiger partial charge in [-0.1, -0.05) is 83.6 Å². The normalized spacial score (nSPS) is 10.8. The lowest BCUT2D eigenvalue weighted by Crippen LogP contribution is -2.01. The molecule has 1 aromatic carbocycles. The SMILES string of the molecule is CCCCCCCCCCCCCCOc1c(O)cccc1[N+](=O)[O-]. The number of rotatable bonds is 15. The Labute approximate surface area is 151 Å². The van der Waals surface area contributed by atoms with E-state index in [1.165, 1.54) is 82.4 Å². The van der Waals surface area contributed by atoms with Gasteiger partial charge in [-0.25, -0.2) is 0 Å². The summed E-state index contributed by atoms with van der Waals surface area (Å²) >= 11 is 0. The molecule has 0 aliphatic heterocycles. The number of phenolic OH excluding ortho intramolecular Hbond substituents is 1. The van der Waals surface area contributed by atoms with Gasteiger partial charge >= 0.3 is 5.69 Å². The molecule has 0 bridgehead atoms. The first kappa shape index (κ1) is 21.3. The molecule has 25 heavy (non-hydrogen) atoms. The second-order valence-electron chi connectivity index (χ2n) is 6.62. The maximum Gasteiger partial charge on any atom is 0.314 e. The molecule has 0 radical (unpaired) electrons. The first-order valence-corrected chi connectivity index (χ1v) is 9.76. The summed E-state index contributed by atoms with van der Waals surface area (Å²) in [5, 5.41) is 20.6. The van der Waals surface area contributed by atoms with Crippen LogP contribution < -0.4 is 4.74 Å². The lowest BCUT2D eigenvalue weighted by molar-refractivity contribution is -0.386. The number of ether oxygens (including phenoxy) is 1. The zero-order valence-electron chi connectivity index (χ0n) is 15.5. The third-order valence-electron chi connectivity index (χ3n) is 4.41. The Bertz CT molecular complexity index is 491. The van der Waals surface area contributed by atoms with Crippen LogP contribution in [0.5, 0.6) is 11.5 Å². The van der Waals surface area contributed by atoms with Crippen molar-refractivity contribution < 1.29 is 14.8 Å². The van der Waals surface area contributed by atoms with Crippen LogP contribution in [0.25, 0.3) is 0 Å². The average Bonchev–Trinajstić information content (AvgIpc) is 2.59. The zero-order valence-corrected chi connectivity index (χ0v) is 15.5.